The second kappa shape index (κ2) is 8.55. The van der Waals surface area contributed by atoms with Gasteiger partial charge in [0.2, 0.25) is 0 Å². The van der Waals surface area contributed by atoms with Crippen molar-refractivity contribution >= 4 is 23.0 Å². The number of rotatable bonds is 6. The van der Waals surface area contributed by atoms with E-state index in [0.29, 0.717) is 29.1 Å². The Kier molecular flexibility index (Phi) is 6.44. The van der Waals surface area contributed by atoms with Crippen molar-refractivity contribution < 1.29 is 9.47 Å². The molecule has 0 unspecified atom stereocenters. The molecule has 0 saturated heterocycles. The average molecular weight is 344 g/mol. The molecule has 0 aromatic heterocycles. The van der Waals surface area contributed by atoms with Crippen molar-refractivity contribution in [2.75, 3.05) is 19.5 Å². The molecule has 0 radical (unpaired) electrons. The van der Waals surface area contributed by atoms with E-state index in [0.717, 1.165) is 11.3 Å². The first-order valence-electron chi connectivity index (χ1n) is 7.89. The first-order chi connectivity index (χ1) is 11.5. The number of benzene rings is 2. The highest BCUT2D eigenvalue weighted by Gasteiger charge is 2.05. The Balaban J connectivity index is 1.91. The molecule has 0 bridgehead atoms. The SMILES string of the molecule is COc1ccc(CNC(=S)Nc2ccc(C(C)C)cc2)cc1OC. The molecule has 0 saturated carbocycles. The molecule has 0 amide bonds. The molecule has 0 atom stereocenters. The van der Waals surface area contributed by atoms with Crippen LogP contribution >= 0.6 is 12.2 Å². The van der Waals surface area contributed by atoms with E-state index in [9.17, 15) is 0 Å². The van der Waals surface area contributed by atoms with Gasteiger partial charge in [-0.15, -0.1) is 0 Å². The summed E-state index contributed by atoms with van der Waals surface area (Å²) < 4.78 is 10.5. The number of hydrogen-bond donors (Lipinski definition) is 2. The van der Waals surface area contributed by atoms with Crippen molar-refractivity contribution in [3.63, 3.8) is 0 Å². The van der Waals surface area contributed by atoms with Crippen LogP contribution in [0.15, 0.2) is 42.5 Å². The zero-order valence-electron chi connectivity index (χ0n) is 14.6. The van der Waals surface area contributed by atoms with Crippen LogP contribution in [-0.2, 0) is 6.54 Å². The van der Waals surface area contributed by atoms with E-state index in [2.05, 4.69) is 36.6 Å². The predicted octanol–water partition coefficient (Wildman–Crippen LogP) is 4.31. The van der Waals surface area contributed by atoms with Crippen LogP contribution in [0.25, 0.3) is 0 Å². The van der Waals surface area contributed by atoms with Crippen molar-refractivity contribution in [1.82, 2.24) is 5.32 Å². The molecule has 2 aromatic rings. The minimum absolute atomic E-state index is 0.522. The number of anilines is 1. The summed E-state index contributed by atoms with van der Waals surface area (Å²) in [5.41, 5.74) is 3.35. The monoisotopic (exact) mass is 344 g/mol. The van der Waals surface area contributed by atoms with Gasteiger partial charge in [0.05, 0.1) is 14.2 Å². The van der Waals surface area contributed by atoms with Crippen molar-refractivity contribution in [3.8, 4) is 11.5 Å². The Morgan fingerprint density at radius 3 is 2.25 bits per heavy atom. The molecule has 2 rings (SSSR count). The number of hydrogen-bond acceptors (Lipinski definition) is 3. The fourth-order valence-corrected chi connectivity index (χ4v) is 2.49. The van der Waals surface area contributed by atoms with Gasteiger partial charge in [0.15, 0.2) is 16.6 Å². The maximum absolute atomic E-state index is 5.35. The predicted molar refractivity (Wildman–Crippen MR) is 103 cm³/mol. The lowest BCUT2D eigenvalue weighted by molar-refractivity contribution is 0.354. The standard InChI is InChI=1S/C19H24N2O2S/c1-13(2)15-6-8-16(9-7-15)21-19(24)20-12-14-5-10-17(22-3)18(11-14)23-4/h5-11,13H,12H2,1-4H3,(H2,20,21,24). The molecule has 4 nitrogen and oxygen atoms in total. The Morgan fingerprint density at radius 2 is 1.67 bits per heavy atom. The summed E-state index contributed by atoms with van der Waals surface area (Å²) in [6.07, 6.45) is 0. The lowest BCUT2D eigenvalue weighted by atomic mass is 10.0. The number of methoxy groups -OCH3 is 2. The maximum Gasteiger partial charge on any atom is 0.171 e. The van der Waals surface area contributed by atoms with Crippen molar-refractivity contribution in [2.45, 2.75) is 26.3 Å². The third kappa shape index (κ3) is 4.86. The molecule has 2 N–H and O–H groups in total. The lowest BCUT2D eigenvalue weighted by Gasteiger charge is -2.13. The second-order valence-electron chi connectivity index (χ2n) is 5.77. The molecule has 0 fully saturated rings. The zero-order valence-corrected chi connectivity index (χ0v) is 15.4. The zero-order chi connectivity index (χ0) is 17.5. The van der Waals surface area contributed by atoms with Crippen LogP contribution in [0, 0.1) is 0 Å². The summed E-state index contributed by atoms with van der Waals surface area (Å²) in [5.74, 6) is 1.95. The highest BCUT2D eigenvalue weighted by atomic mass is 32.1. The fraction of sp³-hybridized carbons (Fsp3) is 0.316. The number of nitrogens with one attached hydrogen (secondary N) is 2. The number of thiocarbonyl (C=S) groups is 1. The van der Waals surface area contributed by atoms with Gasteiger partial charge in [-0.05, 0) is 53.5 Å². The van der Waals surface area contributed by atoms with Crippen LogP contribution in [0.4, 0.5) is 5.69 Å². The van der Waals surface area contributed by atoms with Gasteiger partial charge < -0.3 is 20.1 Å². The minimum Gasteiger partial charge on any atom is -0.493 e. The van der Waals surface area contributed by atoms with Crippen LogP contribution in [0.3, 0.4) is 0 Å². The fourth-order valence-electron chi connectivity index (χ4n) is 2.30. The van der Waals surface area contributed by atoms with Crippen LogP contribution in [0.2, 0.25) is 0 Å². The van der Waals surface area contributed by atoms with Gasteiger partial charge in [0.1, 0.15) is 0 Å². The Labute approximate surface area is 149 Å². The third-order valence-corrected chi connectivity index (χ3v) is 3.98. The molecule has 0 aliphatic carbocycles. The third-order valence-electron chi connectivity index (χ3n) is 3.74. The van der Waals surface area contributed by atoms with E-state index in [1.54, 1.807) is 14.2 Å². The second-order valence-corrected chi connectivity index (χ2v) is 6.18. The average Bonchev–Trinajstić information content (AvgIpc) is 2.60. The van der Waals surface area contributed by atoms with E-state index >= 15 is 0 Å². The molecule has 0 aliphatic heterocycles. The van der Waals surface area contributed by atoms with Gasteiger partial charge in [-0.25, -0.2) is 0 Å². The minimum atomic E-state index is 0.522. The largest absolute Gasteiger partial charge is 0.493 e. The molecule has 0 spiro atoms. The van der Waals surface area contributed by atoms with Gasteiger partial charge in [-0.2, -0.15) is 0 Å². The van der Waals surface area contributed by atoms with Gasteiger partial charge in [0, 0.05) is 12.2 Å². The van der Waals surface area contributed by atoms with Crippen molar-refractivity contribution in [3.05, 3.63) is 53.6 Å². The molecular weight excluding hydrogens is 320 g/mol. The topological polar surface area (TPSA) is 42.5 Å². The molecule has 24 heavy (non-hydrogen) atoms. The van der Waals surface area contributed by atoms with Crippen LogP contribution in [0.5, 0.6) is 11.5 Å². The first-order valence-corrected chi connectivity index (χ1v) is 8.30. The van der Waals surface area contributed by atoms with Crippen LogP contribution in [0.1, 0.15) is 30.9 Å². The summed E-state index contributed by atoms with van der Waals surface area (Å²) in [7, 11) is 3.25. The Morgan fingerprint density at radius 1 is 1.00 bits per heavy atom. The van der Waals surface area contributed by atoms with Gasteiger partial charge in [-0.1, -0.05) is 32.0 Å². The maximum atomic E-state index is 5.35. The van der Waals surface area contributed by atoms with Gasteiger partial charge in [-0.3, -0.25) is 0 Å². The summed E-state index contributed by atoms with van der Waals surface area (Å²) in [4.78, 5) is 0. The van der Waals surface area contributed by atoms with Crippen LogP contribution in [-0.4, -0.2) is 19.3 Å². The molecular formula is C19H24N2O2S. The van der Waals surface area contributed by atoms with E-state index in [4.69, 9.17) is 21.7 Å². The van der Waals surface area contributed by atoms with E-state index in [1.807, 2.05) is 30.3 Å². The highest BCUT2D eigenvalue weighted by molar-refractivity contribution is 7.80. The van der Waals surface area contributed by atoms with Crippen molar-refractivity contribution in [2.24, 2.45) is 0 Å². The summed E-state index contributed by atoms with van der Waals surface area (Å²) in [5, 5.41) is 6.98. The molecule has 5 heteroatoms. The van der Waals surface area contributed by atoms with E-state index in [-0.39, 0.29) is 0 Å². The molecule has 2 aromatic carbocycles. The summed E-state index contributed by atoms with van der Waals surface area (Å²) in [6.45, 7) is 4.96. The normalized spacial score (nSPS) is 10.4. The first kappa shape index (κ1) is 18.1. The molecule has 0 aliphatic rings. The molecule has 128 valence electrons. The van der Waals surface area contributed by atoms with E-state index in [1.165, 1.54) is 5.56 Å². The summed E-state index contributed by atoms with van der Waals surface area (Å²) in [6, 6.07) is 14.1. The highest BCUT2D eigenvalue weighted by Crippen LogP contribution is 2.27. The van der Waals surface area contributed by atoms with Crippen LogP contribution < -0.4 is 20.1 Å². The van der Waals surface area contributed by atoms with Gasteiger partial charge in [0.25, 0.3) is 0 Å². The molecule has 0 heterocycles. The number of ether oxygens (including phenoxy) is 2. The lowest BCUT2D eigenvalue weighted by Crippen LogP contribution is -2.27. The Hall–Kier alpha value is -2.27. The summed E-state index contributed by atoms with van der Waals surface area (Å²) >= 11 is 5.35. The van der Waals surface area contributed by atoms with E-state index < -0.39 is 0 Å². The van der Waals surface area contributed by atoms with Gasteiger partial charge >= 0.3 is 0 Å². The quantitative estimate of drug-likeness (QED) is 0.764. The smallest absolute Gasteiger partial charge is 0.171 e. The van der Waals surface area contributed by atoms with Crippen molar-refractivity contribution in [1.29, 1.82) is 0 Å². The Bertz CT molecular complexity index is 684.